The van der Waals surface area contributed by atoms with Crippen LogP contribution in [0.5, 0.6) is 0 Å². The number of aryl methyl sites for hydroxylation is 1. The number of H-pyrrole nitrogens is 1. The number of nitrogens with one attached hydrogen (secondary N) is 1. The van der Waals surface area contributed by atoms with Crippen molar-refractivity contribution in [1.29, 1.82) is 0 Å². The van der Waals surface area contributed by atoms with E-state index in [9.17, 15) is 0 Å². The summed E-state index contributed by atoms with van der Waals surface area (Å²) in [5, 5.41) is 0. The third-order valence-electron chi connectivity index (χ3n) is 9.69. The van der Waals surface area contributed by atoms with Gasteiger partial charge in [0, 0.05) is 58.2 Å². The van der Waals surface area contributed by atoms with Crippen LogP contribution in [0.25, 0.3) is 90.9 Å². The number of hydrogen-bond acceptors (Lipinski definition) is 2. The summed E-state index contributed by atoms with van der Waals surface area (Å²) in [5.74, 6) is 0. The predicted molar refractivity (Wildman–Crippen MR) is 236 cm³/mol. The second-order valence-electron chi connectivity index (χ2n) is 12.9. The first-order chi connectivity index (χ1) is 25.8. The fourth-order valence-corrected chi connectivity index (χ4v) is 8.24. The van der Waals surface area contributed by atoms with Gasteiger partial charge in [0.1, 0.15) is 0 Å². The van der Waals surface area contributed by atoms with Crippen LogP contribution < -0.4 is 0 Å². The van der Waals surface area contributed by atoms with Gasteiger partial charge in [-0.2, -0.15) is 0 Å². The Morgan fingerprint density at radius 3 is 0.981 bits per heavy atom. The molecular weight excluding hydrogens is 916 g/mol. The highest BCUT2D eigenvalue weighted by atomic mass is 79.9. The van der Waals surface area contributed by atoms with Crippen LogP contribution in [0.15, 0.2) is 139 Å². The van der Waals surface area contributed by atoms with Crippen LogP contribution in [-0.2, 0) is 7.05 Å². The maximum atomic E-state index is 5.43. The molecule has 2 aliphatic rings. The molecular formula is C45H28Br4N4. The van der Waals surface area contributed by atoms with E-state index in [4.69, 9.17) is 9.97 Å². The Bertz CT molecular complexity index is 2600. The monoisotopic (exact) mass is 940 g/mol. The van der Waals surface area contributed by atoms with Gasteiger partial charge in [-0.15, -0.1) is 0 Å². The third kappa shape index (κ3) is 6.42. The smallest absolute Gasteiger partial charge is 0.0737 e. The Balaban J connectivity index is 1.49. The van der Waals surface area contributed by atoms with Gasteiger partial charge < -0.3 is 9.55 Å². The lowest BCUT2D eigenvalue weighted by Crippen LogP contribution is -1.95. The summed E-state index contributed by atoms with van der Waals surface area (Å²) in [6, 6.07) is 42.5. The number of rotatable bonds is 4. The molecule has 0 saturated carbocycles. The zero-order chi connectivity index (χ0) is 36.2. The molecule has 8 bridgehead atoms. The van der Waals surface area contributed by atoms with E-state index in [0.29, 0.717) is 0 Å². The molecule has 0 fully saturated rings. The lowest BCUT2D eigenvalue weighted by molar-refractivity contribution is 1.01. The lowest BCUT2D eigenvalue weighted by Gasteiger charge is -2.10. The quantitative estimate of drug-likeness (QED) is 0.191. The van der Waals surface area contributed by atoms with Gasteiger partial charge >= 0.3 is 0 Å². The minimum Gasteiger partial charge on any atom is -0.354 e. The number of nitrogens with zero attached hydrogens (tertiary/aromatic N) is 3. The topological polar surface area (TPSA) is 46.5 Å². The highest BCUT2D eigenvalue weighted by Crippen LogP contribution is 2.40. The molecule has 256 valence electrons. The highest BCUT2D eigenvalue weighted by Gasteiger charge is 2.20. The Kier molecular flexibility index (Phi) is 9.03. The summed E-state index contributed by atoms with van der Waals surface area (Å²) in [6.07, 6.45) is 8.56. The second-order valence-corrected chi connectivity index (χ2v) is 16.6. The van der Waals surface area contributed by atoms with Gasteiger partial charge in [-0.3, -0.25) is 0 Å². The zero-order valence-corrected chi connectivity index (χ0v) is 34.6. The van der Waals surface area contributed by atoms with Crippen LogP contribution in [0, 0.1) is 0 Å². The molecule has 8 heteroatoms. The van der Waals surface area contributed by atoms with Crippen molar-refractivity contribution in [1.82, 2.24) is 19.5 Å². The van der Waals surface area contributed by atoms with Crippen molar-refractivity contribution >= 4 is 110 Å². The molecule has 1 N–H and O–H groups in total. The number of aromatic nitrogens is 4. The maximum Gasteiger partial charge on any atom is 0.0737 e. The SMILES string of the molecule is Cn1c2ccc1c(-c1ccc(Br)cc1)c1nc(c(-c3ccc(Br)cc3)c3ccc([nH]3)c(-c3ccc(Br)cc3)c3nc(c2-c2ccc(Br)cc2)C=C3)C=C1. The van der Waals surface area contributed by atoms with E-state index in [-0.39, 0.29) is 0 Å². The normalized spacial score (nSPS) is 12.1. The molecule has 0 radical (unpaired) electrons. The molecule has 0 amide bonds. The average molecular weight is 944 g/mol. The minimum atomic E-state index is 0.882. The van der Waals surface area contributed by atoms with Crippen LogP contribution in [0.2, 0.25) is 0 Å². The zero-order valence-electron chi connectivity index (χ0n) is 28.2. The minimum absolute atomic E-state index is 0.882. The molecule has 3 aromatic heterocycles. The van der Waals surface area contributed by atoms with Gasteiger partial charge in [-0.05, 0) is 119 Å². The fraction of sp³-hybridized carbons (Fsp3) is 0.0222. The summed E-state index contributed by atoms with van der Waals surface area (Å²) in [7, 11) is 2.14. The van der Waals surface area contributed by atoms with Crippen LogP contribution >= 0.6 is 63.7 Å². The number of aromatic amines is 1. The van der Waals surface area contributed by atoms with E-state index in [1.165, 1.54) is 0 Å². The highest BCUT2D eigenvalue weighted by molar-refractivity contribution is 9.11. The van der Waals surface area contributed by atoms with Crippen molar-refractivity contribution in [2.45, 2.75) is 0 Å². The van der Waals surface area contributed by atoms with Gasteiger partial charge in [-0.1, -0.05) is 112 Å². The molecule has 2 aliphatic heterocycles. The van der Waals surface area contributed by atoms with E-state index in [0.717, 1.165) is 107 Å². The number of benzene rings is 4. The molecule has 53 heavy (non-hydrogen) atoms. The third-order valence-corrected chi connectivity index (χ3v) is 11.8. The first kappa shape index (κ1) is 34.2. The molecule has 0 unspecified atom stereocenters. The van der Waals surface area contributed by atoms with Crippen molar-refractivity contribution < 1.29 is 0 Å². The van der Waals surface area contributed by atoms with Crippen LogP contribution in [0.4, 0.5) is 0 Å². The summed E-state index contributed by atoms with van der Waals surface area (Å²) in [5.41, 5.74) is 16.0. The van der Waals surface area contributed by atoms with E-state index < -0.39 is 0 Å². The van der Waals surface area contributed by atoms with E-state index >= 15 is 0 Å². The van der Waals surface area contributed by atoms with Gasteiger partial charge in [0.05, 0.1) is 33.8 Å². The Hall–Kier alpha value is -4.60. The van der Waals surface area contributed by atoms with Crippen molar-refractivity contribution in [2.75, 3.05) is 0 Å². The first-order valence-corrected chi connectivity index (χ1v) is 20.1. The fourth-order valence-electron chi connectivity index (χ4n) is 7.18. The standard InChI is InChI=1S/C45H28Br4N4/c1-53-40-24-25-41(53)45(29-8-16-33(49)17-9-29)39-23-21-37(52-39)43(27-4-12-31(47)13-5-27)35-19-18-34(50-35)42(26-2-10-30(46)11-3-26)36-20-22-38(51-36)44(40)28-6-14-32(48)15-7-28/h2-25,50H,1H3. The molecule has 0 atom stereocenters. The maximum absolute atomic E-state index is 5.43. The van der Waals surface area contributed by atoms with Crippen molar-refractivity contribution in [3.8, 4) is 44.5 Å². The number of halogens is 4. The van der Waals surface area contributed by atoms with E-state index in [1.807, 2.05) is 0 Å². The first-order valence-electron chi connectivity index (χ1n) is 17.0. The molecule has 9 rings (SSSR count). The van der Waals surface area contributed by atoms with Crippen molar-refractivity contribution in [3.63, 3.8) is 0 Å². The predicted octanol–water partition coefficient (Wildman–Crippen LogP) is 14.4. The van der Waals surface area contributed by atoms with E-state index in [1.54, 1.807) is 0 Å². The molecule has 0 aliphatic carbocycles. The number of fused-ring (bicyclic) bond motifs is 8. The number of hydrogen-bond donors (Lipinski definition) is 1. The molecule has 0 saturated heterocycles. The Labute approximate surface area is 340 Å². The van der Waals surface area contributed by atoms with Crippen molar-refractivity contribution in [3.05, 3.63) is 162 Å². The van der Waals surface area contributed by atoms with Gasteiger partial charge in [0.15, 0.2) is 0 Å². The van der Waals surface area contributed by atoms with Gasteiger partial charge in [-0.25, -0.2) is 9.97 Å². The molecule has 0 spiro atoms. The summed E-state index contributed by atoms with van der Waals surface area (Å²) >= 11 is 14.6. The van der Waals surface area contributed by atoms with Crippen molar-refractivity contribution in [2.24, 2.45) is 7.05 Å². The second kappa shape index (κ2) is 14.0. The van der Waals surface area contributed by atoms with Gasteiger partial charge in [0.25, 0.3) is 0 Å². The molecule has 4 nitrogen and oxygen atoms in total. The van der Waals surface area contributed by atoms with Gasteiger partial charge in [0.2, 0.25) is 0 Å². The molecule has 5 heterocycles. The summed E-state index contributed by atoms with van der Waals surface area (Å²) in [4.78, 5) is 14.7. The van der Waals surface area contributed by atoms with Crippen LogP contribution in [0.1, 0.15) is 22.8 Å². The van der Waals surface area contributed by atoms with Crippen LogP contribution in [0.3, 0.4) is 0 Å². The molecule has 4 aromatic carbocycles. The van der Waals surface area contributed by atoms with E-state index in [2.05, 4.69) is 226 Å². The Morgan fingerprint density at radius 1 is 0.377 bits per heavy atom. The largest absolute Gasteiger partial charge is 0.354 e. The van der Waals surface area contributed by atoms with Crippen LogP contribution in [-0.4, -0.2) is 19.5 Å². The molecule has 7 aromatic rings. The summed E-state index contributed by atoms with van der Waals surface area (Å²) < 4.78 is 6.36. The lowest BCUT2D eigenvalue weighted by atomic mass is 10.0. The Morgan fingerprint density at radius 2 is 0.660 bits per heavy atom. The summed E-state index contributed by atoms with van der Waals surface area (Å²) in [6.45, 7) is 0. The average Bonchev–Trinajstić information content (AvgIpc) is 3.99.